The van der Waals surface area contributed by atoms with Crippen molar-refractivity contribution in [1.82, 2.24) is 9.88 Å². The van der Waals surface area contributed by atoms with Crippen LogP contribution in [0.25, 0.3) is 10.9 Å². The lowest BCUT2D eigenvalue weighted by Crippen LogP contribution is -2.59. The van der Waals surface area contributed by atoms with E-state index in [0.29, 0.717) is 35.6 Å². The second-order valence-electron chi connectivity index (χ2n) is 14.1. The van der Waals surface area contributed by atoms with Crippen LogP contribution in [-0.4, -0.2) is 41.5 Å². The first-order valence-corrected chi connectivity index (χ1v) is 16.9. The van der Waals surface area contributed by atoms with Gasteiger partial charge >= 0.3 is 6.18 Å². The van der Waals surface area contributed by atoms with E-state index in [4.69, 9.17) is 9.47 Å². The molecule has 2 aliphatic rings. The van der Waals surface area contributed by atoms with Crippen LogP contribution in [-0.2, 0) is 22.3 Å². The van der Waals surface area contributed by atoms with Gasteiger partial charge in [-0.05, 0) is 78.5 Å². The van der Waals surface area contributed by atoms with E-state index in [2.05, 4.69) is 43.2 Å². The van der Waals surface area contributed by atoms with Crippen LogP contribution in [0.3, 0.4) is 0 Å². The van der Waals surface area contributed by atoms with Crippen LogP contribution >= 0.6 is 0 Å². The molecule has 2 N–H and O–H groups in total. The number of aromatic amines is 1. The SMILES string of the molecule is COc1ccc(NC(=O)C2(N(Cc3ccc(C(F)(F)F)cc3)C(=O)C[C@@H]3[C@H](c4c(C)[nH]c5ccccc45)C3(C)C)CCCCC2)c(OC)c1. The summed E-state index contributed by atoms with van der Waals surface area (Å²) in [5, 5.41) is 4.20. The second kappa shape index (κ2) is 13.1. The number of nitrogens with zero attached hydrogens (tertiary/aromatic N) is 1. The van der Waals surface area contributed by atoms with Crippen LogP contribution in [0.2, 0.25) is 0 Å². The molecule has 6 rings (SSSR count). The number of alkyl halides is 3. The summed E-state index contributed by atoms with van der Waals surface area (Å²) in [5.41, 5.74) is 2.16. The summed E-state index contributed by atoms with van der Waals surface area (Å²) in [5.74, 6) is 0.592. The van der Waals surface area contributed by atoms with E-state index in [1.165, 1.54) is 24.8 Å². The van der Waals surface area contributed by atoms with Crippen molar-refractivity contribution in [2.24, 2.45) is 11.3 Å². The Morgan fingerprint density at radius 2 is 1.65 bits per heavy atom. The fourth-order valence-corrected chi connectivity index (χ4v) is 8.05. The first-order valence-electron chi connectivity index (χ1n) is 16.9. The Bertz CT molecular complexity index is 1840. The molecule has 2 fully saturated rings. The number of hydrogen-bond acceptors (Lipinski definition) is 4. The number of para-hydroxylation sites is 1. The number of benzene rings is 3. The van der Waals surface area contributed by atoms with Crippen LogP contribution in [0, 0.1) is 18.3 Å². The predicted molar refractivity (Wildman–Crippen MR) is 184 cm³/mol. The fraction of sp³-hybridized carbons (Fsp3) is 0.436. The van der Waals surface area contributed by atoms with Gasteiger partial charge in [0, 0.05) is 35.6 Å². The smallest absolute Gasteiger partial charge is 0.416 e. The summed E-state index contributed by atoms with van der Waals surface area (Å²) >= 11 is 0. The third kappa shape index (κ3) is 6.49. The number of carbonyl (C=O) groups is 2. The van der Waals surface area contributed by atoms with Crippen molar-refractivity contribution < 1.29 is 32.2 Å². The molecule has 2 atom stereocenters. The summed E-state index contributed by atoms with van der Waals surface area (Å²) < 4.78 is 51.2. The number of nitrogens with one attached hydrogen (secondary N) is 2. The summed E-state index contributed by atoms with van der Waals surface area (Å²) in [6, 6.07) is 18.2. The van der Waals surface area contributed by atoms with Gasteiger partial charge in [-0.3, -0.25) is 9.59 Å². The number of fused-ring (bicyclic) bond motifs is 1. The van der Waals surface area contributed by atoms with E-state index in [1.807, 2.05) is 12.1 Å². The van der Waals surface area contributed by atoms with Gasteiger partial charge < -0.3 is 24.7 Å². The standard InChI is InChI=1S/C39H44F3N3O4/c1-24-34(28-11-7-8-12-30(28)43-24)35-29(37(35,2)3)22-33(46)45(23-25-13-15-26(16-14-25)39(40,41)42)38(19-9-6-10-20-38)36(47)44-31-18-17-27(48-4)21-32(31)49-5/h7-8,11-18,21,29,35,43H,6,9-10,19-20,22-23H2,1-5H3,(H,44,47)/t29-,35-/m1/s1. The maximum absolute atomic E-state index is 14.8. The number of halogens is 3. The third-order valence-corrected chi connectivity index (χ3v) is 10.9. The zero-order chi connectivity index (χ0) is 35.1. The zero-order valence-corrected chi connectivity index (χ0v) is 28.7. The number of aryl methyl sites for hydroxylation is 1. The Morgan fingerprint density at radius 3 is 2.31 bits per heavy atom. The largest absolute Gasteiger partial charge is 0.497 e. The summed E-state index contributed by atoms with van der Waals surface area (Å²) in [7, 11) is 3.05. The van der Waals surface area contributed by atoms with Crippen LogP contribution in [0.1, 0.15) is 80.7 Å². The molecule has 1 aromatic heterocycles. The molecule has 1 heterocycles. The molecule has 49 heavy (non-hydrogen) atoms. The number of amides is 2. The van der Waals surface area contributed by atoms with Gasteiger partial charge in [-0.25, -0.2) is 0 Å². The van der Waals surface area contributed by atoms with Crippen molar-refractivity contribution in [2.75, 3.05) is 19.5 Å². The second-order valence-corrected chi connectivity index (χ2v) is 14.1. The van der Waals surface area contributed by atoms with Crippen molar-refractivity contribution in [1.29, 1.82) is 0 Å². The van der Waals surface area contributed by atoms with Crippen molar-refractivity contribution >= 4 is 28.4 Å². The molecule has 0 radical (unpaired) electrons. The molecular weight excluding hydrogens is 631 g/mol. The Balaban J connectivity index is 1.36. The molecule has 2 amide bonds. The normalized spacial score (nSPS) is 19.7. The first kappa shape index (κ1) is 34.4. The number of methoxy groups -OCH3 is 2. The van der Waals surface area contributed by atoms with E-state index in [0.717, 1.165) is 48.0 Å². The molecule has 10 heteroatoms. The highest BCUT2D eigenvalue weighted by molar-refractivity contribution is 6.01. The lowest BCUT2D eigenvalue weighted by atomic mass is 9.78. The highest BCUT2D eigenvalue weighted by Gasteiger charge is 2.60. The molecule has 2 saturated carbocycles. The molecule has 7 nitrogen and oxygen atoms in total. The predicted octanol–water partition coefficient (Wildman–Crippen LogP) is 9.01. The van der Waals surface area contributed by atoms with Gasteiger partial charge in [0.05, 0.1) is 25.5 Å². The monoisotopic (exact) mass is 675 g/mol. The molecule has 4 aromatic rings. The minimum Gasteiger partial charge on any atom is -0.497 e. The van der Waals surface area contributed by atoms with Crippen LogP contribution in [0.4, 0.5) is 18.9 Å². The highest BCUT2D eigenvalue weighted by Crippen LogP contribution is 2.67. The molecule has 0 saturated heterocycles. The van der Waals surface area contributed by atoms with Crippen molar-refractivity contribution in [3.8, 4) is 11.5 Å². The van der Waals surface area contributed by atoms with E-state index in [9.17, 15) is 22.8 Å². The maximum Gasteiger partial charge on any atom is 0.416 e. The Labute approximate surface area is 285 Å². The van der Waals surface area contributed by atoms with Gasteiger partial charge in [0.1, 0.15) is 17.0 Å². The molecule has 260 valence electrons. The molecule has 0 spiro atoms. The highest BCUT2D eigenvalue weighted by atomic mass is 19.4. The van der Waals surface area contributed by atoms with Crippen molar-refractivity contribution in [2.45, 2.75) is 83.5 Å². The van der Waals surface area contributed by atoms with Crippen molar-refractivity contribution in [3.05, 3.63) is 89.1 Å². The van der Waals surface area contributed by atoms with Gasteiger partial charge in [-0.15, -0.1) is 0 Å². The van der Waals surface area contributed by atoms with Gasteiger partial charge in [-0.2, -0.15) is 13.2 Å². The number of aromatic nitrogens is 1. The molecular formula is C39H44F3N3O4. The molecule has 3 aromatic carbocycles. The van der Waals surface area contributed by atoms with Crippen LogP contribution in [0.15, 0.2) is 66.7 Å². The van der Waals surface area contributed by atoms with E-state index >= 15 is 0 Å². The number of carbonyl (C=O) groups excluding carboxylic acids is 2. The molecule has 0 aliphatic heterocycles. The van der Waals surface area contributed by atoms with Gasteiger partial charge in [0.2, 0.25) is 11.8 Å². The van der Waals surface area contributed by atoms with E-state index in [1.54, 1.807) is 30.2 Å². The molecule has 0 unspecified atom stereocenters. The summed E-state index contributed by atoms with van der Waals surface area (Å²) in [6.45, 7) is 6.43. The lowest BCUT2D eigenvalue weighted by molar-refractivity contribution is -0.149. The van der Waals surface area contributed by atoms with Crippen molar-refractivity contribution in [3.63, 3.8) is 0 Å². The quantitative estimate of drug-likeness (QED) is 0.176. The number of anilines is 1. The van der Waals surface area contributed by atoms with Crippen LogP contribution < -0.4 is 14.8 Å². The van der Waals surface area contributed by atoms with Crippen LogP contribution in [0.5, 0.6) is 11.5 Å². The minimum atomic E-state index is -4.48. The van der Waals surface area contributed by atoms with Gasteiger partial charge in [0.25, 0.3) is 0 Å². The first-order chi connectivity index (χ1) is 23.3. The summed E-state index contributed by atoms with van der Waals surface area (Å²) in [6.07, 6.45) is -1.03. The summed E-state index contributed by atoms with van der Waals surface area (Å²) in [4.78, 5) is 34.5. The molecule has 0 bridgehead atoms. The number of hydrogen-bond donors (Lipinski definition) is 2. The maximum atomic E-state index is 14.8. The average Bonchev–Trinajstić information content (AvgIpc) is 3.43. The minimum absolute atomic E-state index is 0.00800. The molecule has 2 aliphatic carbocycles. The zero-order valence-electron chi connectivity index (χ0n) is 28.7. The van der Waals surface area contributed by atoms with Gasteiger partial charge in [0.15, 0.2) is 0 Å². The third-order valence-electron chi connectivity index (χ3n) is 10.9. The number of ether oxygens (including phenoxy) is 2. The number of rotatable bonds is 10. The Morgan fingerprint density at radius 1 is 0.959 bits per heavy atom. The number of H-pyrrole nitrogens is 1. The average molecular weight is 676 g/mol. The Hall–Kier alpha value is -4.47. The van der Waals surface area contributed by atoms with Gasteiger partial charge in [-0.1, -0.05) is 63.4 Å². The van der Waals surface area contributed by atoms with E-state index < -0.39 is 17.3 Å². The fourth-order valence-electron chi connectivity index (χ4n) is 8.05. The van der Waals surface area contributed by atoms with E-state index in [-0.39, 0.29) is 42.0 Å². The Kier molecular flexibility index (Phi) is 9.19. The topological polar surface area (TPSA) is 83.7 Å². The lowest BCUT2D eigenvalue weighted by Gasteiger charge is -2.45.